The summed E-state index contributed by atoms with van der Waals surface area (Å²) in [6.45, 7) is 1.57. The van der Waals surface area contributed by atoms with Crippen LogP contribution in [-0.2, 0) is 4.79 Å². The largest absolute Gasteiger partial charge is 0.481 e. The first kappa shape index (κ1) is 17.5. The molecule has 1 atom stereocenters. The van der Waals surface area contributed by atoms with Gasteiger partial charge in [0.25, 0.3) is 11.8 Å². The van der Waals surface area contributed by atoms with Gasteiger partial charge < -0.3 is 4.74 Å². The number of benzene rings is 2. The highest BCUT2D eigenvalue weighted by Gasteiger charge is 2.16. The van der Waals surface area contributed by atoms with E-state index in [9.17, 15) is 9.59 Å². The number of hydrogen-bond acceptors (Lipinski definition) is 4. The Bertz CT molecular complexity index is 802. The van der Waals surface area contributed by atoms with Crippen LogP contribution in [0.4, 0.5) is 0 Å². The Balaban J connectivity index is 1.90. The van der Waals surface area contributed by atoms with E-state index in [1.165, 1.54) is 6.07 Å². The van der Waals surface area contributed by atoms with Crippen molar-refractivity contribution in [2.45, 2.75) is 13.0 Å². The second-order valence-electron chi connectivity index (χ2n) is 4.85. The number of halogens is 1. The smallest absolute Gasteiger partial charge is 0.279 e. The van der Waals surface area contributed by atoms with Gasteiger partial charge in [0.15, 0.2) is 6.10 Å². The second-order valence-corrected chi connectivity index (χ2v) is 5.77. The molecule has 2 amide bonds. The van der Waals surface area contributed by atoms with Crippen molar-refractivity contribution < 1.29 is 14.3 Å². The fraction of sp³-hybridized carbons (Fsp3) is 0.118. The van der Waals surface area contributed by atoms with E-state index in [0.717, 1.165) is 4.47 Å². The van der Waals surface area contributed by atoms with Crippen LogP contribution in [-0.4, -0.2) is 17.9 Å². The number of nitriles is 1. The first-order chi connectivity index (χ1) is 11.5. The van der Waals surface area contributed by atoms with Crippen LogP contribution in [0.15, 0.2) is 53.0 Å². The lowest BCUT2D eigenvalue weighted by Crippen LogP contribution is -2.47. The van der Waals surface area contributed by atoms with E-state index in [1.54, 1.807) is 43.3 Å². The molecule has 6 nitrogen and oxygen atoms in total. The Morgan fingerprint density at radius 1 is 1.17 bits per heavy atom. The zero-order valence-corrected chi connectivity index (χ0v) is 14.3. The first-order valence-corrected chi connectivity index (χ1v) is 7.81. The Morgan fingerprint density at radius 3 is 2.62 bits per heavy atom. The Labute approximate surface area is 147 Å². The quantitative estimate of drug-likeness (QED) is 0.788. The summed E-state index contributed by atoms with van der Waals surface area (Å²) >= 11 is 3.32. The SMILES string of the molecule is CC(Oc1cccc(Br)c1)C(=O)NNC(=O)c1cccc(C#N)c1. The van der Waals surface area contributed by atoms with Crippen molar-refractivity contribution in [1.29, 1.82) is 5.26 Å². The van der Waals surface area contributed by atoms with Gasteiger partial charge in [-0.3, -0.25) is 20.4 Å². The van der Waals surface area contributed by atoms with Crippen molar-refractivity contribution in [3.63, 3.8) is 0 Å². The molecule has 0 aliphatic heterocycles. The van der Waals surface area contributed by atoms with Crippen molar-refractivity contribution in [1.82, 2.24) is 10.9 Å². The number of carbonyl (C=O) groups excluding carboxylic acids is 2. The van der Waals surface area contributed by atoms with Crippen molar-refractivity contribution in [3.05, 3.63) is 64.1 Å². The minimum atomic E-state index is -0.801. The van der Waals surface area contributed by atoms with Crippen LogP contribution in [0.3, 0.4) is 0 Å². The molecule has 0 heterocycles. The lowest BCUT2D eigenvalue weighted by atomic mass is 10.1. The van der Waals surface area contributed by atoms with Gasteiger partial charge >= 0.3 is 0 Å². The molecular formula is C17H14BrN3O3. The summed E-state index contributed by atoms with van der Waals surface area (Å²) in [4.78, 5) is 23.9. The van der Waals surface area contributed by atoms with Crippen LogP contribution in [0.1, 0.15) is 22.8 Å². The monoisotopic (exact) mass is 387 g/mol. The van der Waals surface area contributed by atoms with Crippen LogP contribution in [0, 0.1) is 11.3 Å². The predicted molar refractivity (Wildman–Crippen MR) is 91.0 cm³/mol. The number of ether oxygens (including phenoxy) is 1. The van der Waals surface area contributed by atoms with Crippen LogP contribution in [0.25, 0.3) is 0 Å². The van der Waals surface area contributed by atoms with Gasteiger partial charge in [0, 0.05) is 10.0 Å². The molecule has 1 unspecified atom stereocenters. The number of nitrogens with zero attached hydrogens (tertiary/aromatic N) is 1. The molecule has 24 heavy (non-hydrogen) atoms. The normalized spacial score (nSPS) is 11.0. The number of nitrogens with one attached hydrogen (secondary N) is 2. The van der Waals surface area contributed by atoms with E-state index >= 15 is 0 Å². The second kappa shape index (κ2) is 8.13. The fourth-order valence-corrected chi connectivity index (χ4v) is 2.20. The summed E-state index contributed by atoms with van der Waals surface area (Å²) < 4.78 is 6.33. The maximum absolute atomic E-state index is 12.0. The highest BCUT2D eigenvalue weighted by Crippen LogP contribution is 2.18. The number of hydrogen-bond donors (Lipinski definition) is 2. The minimum Gasteiger partial charge on any atom is -0.481 e. The number of carbonyl (C=O) groups is 2. The molecule has 0 aromatic heterocycles. The Hall–Kier alpha value is -2.85. The zero-order valence-electron chi connectivity index (χ0n) is 12.7. The van der Waals surface area contributed by atoms with Crippen LogP contribution in [0.2, 0.25) is 0 Å². The van der Waals surface area contributed by atoms with Crippen molar-refractivity contribution >= 4 is 27.7 Å². The number of rotatable bonds is 4. The third-order valence-electron chi connectivity index (χ3n) is 3.03. The van der Waals surface area contributed by atoms with E-state index in [1.807, 2.05) is 12.1 Å². The zero-order chi connectivity index (χ0) is 17.5. The van der Waals surface area contributed by atoms with Gasteiger partial charge in [-0.2, -0.15) is 5.26 Å². The molecule has 0 saturated heterocycles. The van der Waals surface area contributed by atoms with Gasteiger partial charge in [-0.25, -0.2) is 0 Å². The minimum absolute atomic E-state index is 0.273. The topological polar surface area (TPSA) is 91.2 Å². The molecule has 0 fully saturated rings. The van der Waals surface area contributed by atoms with E-state index < -0.39 is 17.9 Å². The molecule has 2 aromatic rings. The number of hydrazine groups is 1. The van der Waals surface area contributed by atoms with E-state index in [4.69, 9.17) is 10.00 Å². The van der Waals surface area contributed by atoms with Gasteiger partial charge in [0.2, 0.25) is 0 Å². The molecule has 7 heteroatoms. The summed E-state index contributed by atoms with van der Waals surface area (Å²) in [5.41, 5.74) is 5.22. The van der Waals surface area contributed by atoms with Gasteiger partial charge in [-0.15, -0.1) is 0 Å². The maximum Gasteiger partial charge on any atom is 0.279 e. The number of amides is 2. The van der Waals surface area contributed by atoms with Gasteiger partial charge in [-0.05, 0) is 43.3 Å². The highest BCUT2D eigenvalue weighted by molar-refractivity contribution is 9.10. The van der Waals surface area contributed by atoms with Crippen LogP contribution < -0.4 is 15.6 Å². The summed E-state index contributed by atoms with van der Waals surface area (Å²) in [6, 6.07) is 15.2. The van der Waals surface area contributed by atoms with Crippen LogP contribution >= 0.6 is 15.9 Å². The van der Waals surface area contributed by atoms with Gasteiger partial charge in [0.1, 0.15) is 5.75 Å². The van der Waals surface area contributed by atoms with Crippen molar-refractivity contribution in [3.8, 4) is 11.8 Å². The maximum atomic E-state index is 12.0. The third kappa shape index (κ3) is 4.83. The average Bonchev–Trinajstić information content (AvgIpc) is 2.59. The molecule has 2 N–H and O–H groups in total. The molecule has 0 aliphatic carbocycles. The molecule has 0 bridgehead atoms. The Kier molecular flexibility index (Phi) is 5.93. The summed E-state index contributed by atoms with van der Waals surface area (Å²) in [6.07, 6.45) is -0.801. The molecule has 2 aromatic carbocycles. The average molecular weight is 388 g/mol. The third-order valence-corrected chi connectivity index (χ3v) is 3.52. The fourth-order valence-electron chi connectivity index (χ4n) is 1.82. The molecule has 122 valence electrons. The predicted octanol–water partition coefficient (Wildman–Crippen LogP) is 2.55. The first-order valence-electron chi connectivity index (χ1n) is 7.02. The molecule has 0 radical (unpaired) electrons. The molecule has 0 saturated carbocycles. The molecule has 0 spiro atoms. The van der Waals surface area contributed by atoms with E-state index in [2.05, 4.69) is 26.8 Å². The standard InChI is InChI=1S/C17H14BrN3O3/c1-11(24-15-7-3-6-14(18)9-15)16(22)20-21-17(23)13-5-2-4-12(8-13)10-19/h2-9,11H,1H3,(H,20,22)(H,21,23). The molecular weight excluding hydrogens is 374 g/mol. The van der Waals surface area contributed by atoms with E-state index in [0.29, 0.717) is 11.3 Å². The summed E-state index contributed by atoms with van der Waals surface area (Å²) in [7, 11) is 0. The lowest BCUT2D eigenvalue weighted by molar-refractivity contribution is -0.128. The molecule has 0 aliphatic rings. The van der Waals surface area contributed by atoms with Crippen LogP contribution in [0.5, 0.6) is 5.75 Å². The Morgan fingerprint density at radius 2 is 1.92 bits per heavy atom. The summed E-state index contributed by atoms with van der Waals surface area (Å²) in [5.74, 6) is -0.491. The van der Waals surface area contributed by atoms with Gasteiger partial charge in [0.05, 0.1) is 11.6 Å². The van der Waals surface area contributed by atoms with Crippen molar-refractivity contribution in [2.75, 3.05) is 0 Å². The lowest BCUT2D eigenvalue weighted by Gasteiger charge is -2.15. The molecule has 2 rings (SSSR count). The van der Waals surface area contributed by atoms with E-state index in [-0.39, 0.29) is 5.56 Å². The summed E-state index contributed by atoms with van der Waals surface area (Å²) in [5, 5.41) is 8.82. The van der Waals surface area contributed by atoms with Gasteiger partial charge in [-0.1, -0.05) is 28.1 Å². The van der Waals surface area contributed by atoms with Crippen molar-refractivity contribution in [2.24, 2.45) is 0 Å². The highest BCUT2D eigenvalue weighted by atomic mass is 79.9.